The molecule has 0 bridgehead atoms. The molecule has 0 aliphatic heterocycles. The highest BCUT2D eigenvalue weighted by atomic mass is 32.1. The molecule has 0 aromatic carbocycles. The van der Waals surface area contributed by atoms with Crippen LogP contribution in [0.3, 0.4) is 0 Å². The molecular weight excluding hydrogens is 120 g/mol. The van der Waals surface area contributed by atoms with Crippen LogP contribution in [0, 0.1) is 0 Å². The maximum atomic E-state index is 5.15. The van der Waals surface area contributed by atoms with Crippen LogP contribution in [0.25, 0.3) is 0 Å². The molecule has 2 unspecified atom stereocenters. The smallest absolute Gasteiger partial charge is 0.0687 e. The zero-order chi connectivity index (χ0) is 5.98. The Morgan fingerprint density at radius 1 is 1.50 bits per heavy atom. The van der Waals surface area contributed by atoms with E-state index < -0.39 is 0 Å². The van der Waals surface area contributed by atoms with Gasteiger partial charge < -0.3 is 4.74 Å². The van der Waals surface area contributed by atoms with Crippen molar-refractivity contribution in [2.75, 3.05) is 7.11 Å². The quantitative estimate of drug-likeness (QED) is 0.532. The summed E-state index contributed by atoms with van der Waals surface area (Å²) in [6.07, 6.45) is 4.14. The van der Waals surface area contributed by atoms with Crippen LogP contribution in [0.2, 0.25) is 0 Å². The van der Waals surface area contributed by atoms with Gasteiger partial charge in [-0.25, -0.2) is 0 Å². The minimum Gasteiger partial charge on any atom is -0.380 e. The van der Waals surface area contributed by atoms with Gasteiger partial charge in [0.05, 0.1) is 6.10 Å². The van der Waals surface area contributed by atoms with Crippen LogP contribution in [0.15, 0.2) is 0 Å². The fourth-order valence-corrected chi connectivity index (χ4v) is 1.63. The van der Waals surface area contributed by atoms with E-state index in [0.717, 1.165) is 0 Å². The Balaban J connectivity index is 2.30. The van der Waals surface area contributed by atoms with Crippen molar-refractivity contribution >= 4 is 12.6 Å². The van der Waals surface area contributed by atoms with Gasteiger partial charge >= 0.3 is 0 Å². The Morgan fingerprint density at radius 2 is 2.25 bits per heavy atom. The molecule has 0 saturated heterocycles. The Kier molecular flexibility index (Phi) is 2.20. The Bertz CT molecular complexity index is 74.9. The van der Waals surface area contributed by atoms with Crippen molar-refractivity contribution in [1.82, 2.24) is 0 Å². The van der Waals surface area contributed by atoms with Crippen molar-refractivity contribution in [2.45, 2.75) is 30.6 Å². The summed E-state index contributed by atoms with van der Waals surface area (Å²) in [6.45, 7) is 0. The second kappa shape index (κ2) is 2.74. The molecule has 1 fully saturated rings. The van der Waals surface area contributed by atoms with Gasteiger partial charge in [0.25, 0.3) is 0 Å². The summed E-state index contributed by atoms with van der Waals surface area (Å²) < 4.78 is 5.15. The average molecular weight is 132 g/mol. The third-order valence-electron chi connectivity index (χ3n) is 1.72. The van der Waals surface area contributed by atoms with Crippen LogP contribution in [0.4, 0.5) is 0 Å². The molecule has 48 valence electrons. The van der Waals surface area contributed by atoms with Gasteiger partial charge in [-0.1, -0.05) is 0 Å². The summed E-state index contributed by atoms with van der Waals surface area (Å²) in [5.41, 5.74) is 0. The molecule has 1 nitrogen and oxygen atoms in total. The van der Waals surface area contributed by atoms with Crippen LogP contribution in [-0.2, 0) is 4.74 Å². The van der Waals surface area contributed by atoms with Crippen LogP contribution >= 0.6 is 12.6 Å². The first-order chi connectivity index (χ1) is 3.84. The van der Waals surface area contributed by atoms with Crippen LogP contribution in [0.5, 0.6) is 0 Å². The first-order valence-corrected chi connectivity index (χ1v) is 3.57. The molecule has 2 heteroatoms. The zero-order valence-corrected chi connectivity index (χ0v) is 6.03. The summed E-state index contributed by atoms with van der Waals surface area (Å²) >= 11 is 4.34. The van der Waals surface area contributed by atoms with E-state index in [1.165, 1.54) is 19.3 Å². The third-order valence-corrected chi connectivity index (χ3v) is 2.31. The van der Waals surface area contributed by atoms with Crippen LogP contribution in [-0.4, -0.2) is 18.5 Å². The van der Waals surface area contributed by atoms with E-state index in [0.29, 0.717) is 11.4 Å². The highest BCUT2D eigenvalue weighted by Crippen LogP contribution is 2.25. The van der Waals surface area contributed by atoms with Gasteiger partial charge in [-0.15, -0.1) is 0 Å². The monoisotopic (exact) mass is 132 g/mol. The third kappa shape index (κ3) is 1.17. The molecule has 0 N–H and O–H groups in total. The predicted molar refractivity (Wildman–Crippen MR) is 37.4 cm³/mol. The van der Waals surface area contributed by atoms with Crippen molar-refractivity contribution in [3.8, 4) is 0 Å². The highest BCUT2D eigenvalue weighted by molar-refractivity contribution is 7.81. The first-order valence-electron chi connectivity index (χ1n) is 3.05. The Hall–Kier alpha value is 0.310. The van der Waals surface area contributed by atoms with E-state index >= 15 is 0 Å². The minimum absolute atomic E-state index is 0.429. The standard InChI is InChI=1S/C6H12OS/c1-7-5-3-2-4-6(5)8/h5-6,8H,2-4H2,1H3. The van der Waals surface area contributed by atoms with Gasteiger partial charge in [0.15, 0.2) is 0 Å². The predicted octanol–water partition coefficient (Wildman–Crippen LogP) is 1.48. The molecule has 0 heterocycles. The largest absolute Gasteiger partial charge is 0.380 e. The lowest BCUT2D eigenvalue weighted by atomic mass is 10.3. The van der Waals surface area contributed by atoms with Gasteiger partial charge in [0.1, 0.15) is 0 Å². The van der Waals surface area contributed by atoms with Crippen molar-refractivity contribution < 1.29 is 4.74 Å². The van der Waals surface area contributed by atoms with Gasteiger partial charge in [0.2, 0.25) is 0 Å². The average Bonchev–Trinajstić information content (AvgIpc) is 2.14. The molecule has 0 radical (unpaired) electrons. The molecule has 0 amide bonds. The van der Waals surface area contributed by atoms with Gasteiger partial charge in [0, 0.05) is 12.4 Å². The number of hydrogen-bond donors (Lipinski definition) is 1. The maximum Gasteiger partial charge on any atom is 0.0687 e. The van der Waals surface area contributed by atoms with Crippen LogP contribution < -0.4 is 0 Å². The molecule has 0 spiro atoms. The van der Waals surface area contributed by atoms with Crippen molar-refractivity contribution in [2.24, 2.45) is 0 Å². The Labute approximate surface area is 55.8 Å². The summed E-state index contributed by atoms with van der Waals surface area (Å²) in [5, 5.41) is 0.500. The number of methoxy groups -OCH3 is 1. The molecule has 2 atom stereocenters. The van der Waals surface area contributed by atoms with Gasteiger partial charge in [-0.3, -0.25) is 0 Å². The minimum atomic E-state index is 0.429. The number of thiol groups is 1. The maximum absolute atomic E-state index is 5.15. The van der Waals surface area contributed by atoms with Crippen LogP contribution in [0.1, 0.15) is 19.3 Å². The molecule has 0 aromatic heterocycles. The van der Waals surface area contributed by atoms with E-state index in [2.05, 4.69) is 12.6 Å². The SMILES string of the molecule is COC1CCCC1S. The van der Waals surface area contributed by atoms with E-state index in [1.807, 2.05) is 0 Å². The summed E-state index contributed by atoms with van der Waals surface area (Å²) in [4.78, 5) is 0. The van der Waals surface area contributed by atoms with E-state index in [1.54, 1.807) is 7.11 Å². The number of rotatable bonds is 1. The summed E-state index contributed by atoms with van der Waals surface area (Å²) in [6, 6.07) is 0. The molecule has 8 heavy (non-hydrogen) atoms. The molecule has 1 saturated carbocycles. The first kappa shape index (κ1) is 6.43. The second-order valence-corrected chi connectivity index (χ2v) is 2.94. The summed E-state index contributed by atoms with van der Waals surface area (Å²) in [7, 11) is 1.76. The van der Waals surface area contributed by atoms with Gasteiger partial charge in [-0.2, -0.15) is 12.6 Å². The topological polar surface area (TPSA) is 9.23 Å². The van der Waals surface area contributed by atoms with Crippen molar-refractivity contribution in [3.63, 3.8) is 0 Å². The summed E-state index contributed by atoms with van der Waals surface area (Å²) in [5.74, 6) is 0. The Morgan fingerprint density at radius 3 is 2.50 bits per heavy atom. The number of hydrogen-bond acceptors (Lipinski definition) is 2. The molecule has 0 aromatic rings. The lowest BCUT2D eigenvalue weighted by Crippen LogP contribution is -2.15. The lowest BCUT2D eigenvalue weighted by molar-refractivity contribution is 0.113. The second-order valence-electron chi connectivity index (χ2n) is 2.27. The molecular formula is C6H12OS. The lowest BCUT2D eigenvalue weighted by Gasteiger charge is -2.10. The molecule has 1 aliphatic rings. The van der Waals surface area contributed by atoms with E-state index in [9.17, 15) is 0 Å². The fourth-order valence-electron chi connectivity index (χ4n) is 1.18. The zero-order valence-electron chi connectivity index (χ0n) is 5.13. The van der Waals surface area contributed by atoms with Gasteiger partial charge in [-0.05, 0) is 19.3 Å². The molecule has 1 rings (SSSR count). The number of ether oxygens (including phenoxy) is 1. The van der Waals surface area contributed by atoms with Crippen molar-refractivity contribution in [1.29, 1.82) is 0 Å². The van der Waals surface area contributed by atoms with E-state index in [-0.39, 0.29) is 0 Å². The highest BCUT2D eigenvalue weighted by Gasteiger charge is 2.22. The fraction of sp³-hybridized carbons (Fsp3) is 1.00. The van der Waals surface area contributed by atoms with Crippen molar-refractivity contribution in [3.05, 3.63) is 0 Å². The molecule has 1 aliphatic carbocycles. The normalized spacial score (nSPS) is 38.2. The van der Waals surface area contributed by atoms with E-state index in [4.69, 9.17) is 4.74 Å².